The van der Waals surface area contributed by atoms with E-state index in [0.717, 1.165) is 12.0 Å². The third-order valence-electron chi connectivity index (χ3n) is 5.40. The Morgan fingerprint density at radius 1 is 0.886 bits per heavy atom. The number of nitrogens with one attached hydrogen (secondary N) is 1. The second-order valence-corrected chi connectivity index (χ2v) is 7.93. The summed E-state index contributed by atoms with van der Waals surface area (Å²) in [7, 11) is 1.52. The highest BCUT2D eigenvalue weighted by atomic mass is 16.5. The first-order chi connectivity index (χ1) is 17.0. The van der Waals surface area contributed by atoms with E-state index in [4.69, 9.17) is 4.74 Å². The second-order valence-electron chi connectivity index (χ2n) is 7.93. The summed E-state index contributed by atoms with van der Waals surface area (Å²) in [5, 5.41) is 7.29. The van der Waals surface area contributed by atoms with Gasteiger partial charge in [-0.2, -0.15) is 5.10 Å². The summed E-state index contributed by atoms with van der Waals surface area (Å²) in [5.41, 5.74) is 2.77. The van der Waals surface area contributed by atoms with Gasteiger partial charge in [-0.25, -0.2) is 9.48 Å². The van der Waals surface area contributed by atoms with Gasteiger partial charge >= 0.3 is 5.97 Å². The first kappa shape index (κ1) is 23.6. The Bertz CT molecular complexity index is 1400. The van der Waals surface area contributed by atoms with Crippen molar-refractivity contribution in [2.24, 2.45) is 7.05 Å². The fraction of sp³-hybridized carbons (Fsp3) is 0.143. The lowest BCUT2D eigenvalue weighted by molar-refractivity contribution is 0.0505. The molecule has 0 unspecified atom stereocenters. The molecule has 0 aliphatic carbocycles. The standard InChI is InChI=1S/C28H25N3O4/c1-3-18-35-28(34)21-14-16-22(17-15-21)29-26(32)24-23(19-10-6-4-7-11-19)25(30-31(2)27(24)33)20-12-8-5-9-13-20/h4-17H,3,18H2,1-2H3,(H,29,32). The van der Waals surface area contributed by atoms with Crippen LogP contribution in [0.25, 0.3) is 22.4 Å². The summed E-state index contributed by atoms with van der Waals surface area (Å²) < 4.78 is 6.32. The molecule has 1 N–H and O–H groups in total. The average molecular weight is 468 g/mol. The van der Waals surface area contributed by atoms with Crippen LogP contribution >= 0.6 is 0 Å². The number of carbonyl (C=O) groups excluding carboxylic acids is 2. The molecule has 1 amide bonds. The Labute approximate surface area is 203 Å². The van der Waals surface area contributed by atoms with Gasteiger partial charge in [0.05, 0.1) is 17.9 Å². The molecule has 3 aromatic carbocycles. The summed E-state index contributed by atoms with van der Waals surface area (Å²) >= 11 is 0. The largest absolute Gasteiger partial charge is 0.462 e. The first-order valence-electron chi connectivity index (χ1n) is 11.3. The Hall–Kier alpha value is -4.52. The van der Waals surface area contributed by atoms with E-state index in [-0.39, 0.29) is 5.56 Å². The molecule has 0 saturated carbocycles. The van der Waals surface area contributed by atoms with E-state index >= 15 is 0 Å². The fourth-order valence-electron chi connectivity index (χ4n) is 3.69. The zero-order valence-electron chi connectivity index (χ0n) is 19.5. The summed E-state index contributed by atoms with van der Waals surface area (Å²) in [6, 6.07) is 25.0. The molecule has 0 fully saturated rings. The van der Waals surface area contributed by atoms with E-state index in [2.05, 4.69) is 10.4 Å². The minimum Gasteiger partial charge on any atom is -0.462 e. The van der Waals surface area contributed by atoms with Crippen molar-refractivity contribution in [3.05, 3.63) is 106 Å². The van der Waals surface area contributed by atoms with Crippen LogP contribution in [0.3, 0.4) is 0 Å². The van der Waals surface area contributed by atoms with Crippen molar-refractivity contribution in [3.8, 4) is 22.4 Å². The maximum atomic E-state index is 13.5. The van der Waals surface area contributed by atoms with E-state index in [1.165, 1.54) is 11.7 Å². The van der Waals surface area contributed by atoms with Gasteiger partial charge in [-0.3, -0.25) is 9.59 Å². The molecule has 4 rings (SSSR count). The second kappa shape index (κ2) is 10.6. The van der Waals surface area contributed by atoms with Crippen LogP contribution in [0, 0.1) is 0 Å². The van der Waals surface area contributed by atoms with Crippen LogP contribution in [-0.2, 0) is 11.8 Å². The van der Waals surface area contributed by atoms with Crippen molar-refractivity contribution in [1.82, 2.24) is 9.78 Å². The van der Waals surface area contributed by atoms with E-state index in [0.29, 0.717) is 34.7 Å². The molecular formula is C28H25N3O4. The normalized spacial score (nSPS) is 10.6. The van der Waals surface area contributed by atoms with Crippen molar-refractivity contribution >= 4 is 17.6 Å². The quantitative estimate of drug-likeness (QED) is 0.389. The number of anilines is 1. The molecule has 0 aliphatic heterocycles. The zero-order chi connectivity index (χ0) is 24.8. The van der Waals surface area contributed by atoms with Crippen LogP contribution in [0.15, 0.2) is 89.7 Å². The lowest BCUT2D eigenvalue weighted by atomic mass is 9.95. The van der Waals surface area contributed by atoms with Crippen molar-refractivity contribution in [2.75, 3.05) is 11.9 Å². The topological polar surface area (TPSA) is 90.3 Å². The Morgan fingerprint density at radius 2 is 1.49 bits per heavy atom. The van der Waals surface area contributed by atoms with Gasteiger partial charge in [-0.05, 0) is 36.2 Å². The summed E-state index contributed by atoms with van der Waals surface area (Å²) in [4.78, 5) is 38.7. The monoisotopic (exact) mass is 467 g/mol. The minimum absolute atomic E-state index is 0.0148. The molecule has 7 heteroatoms. The molecule has 35 heavy (non-hydrogen) atoms. The van der Waals surface area contributed by atoms with Crippen molar-refractivity contribution < 1.29 is 14.3 Å². The van der Waals surface area contributed by atoms with Gasteiger partial charge in [0.1, 0.15) is 5.56 Å². The van der Waals surface area contributed by atoms with Crippen LogP contribution in [0.4, 0.5) is 5.69 Å². The third kappa shape index (κ3) is 5.19. The first-order valence-corrected chi connectivity index (χ1v) is 11.3. The van der Waals surface area contributed by atoms with Crippen molar-refractivity contribution in [1.29, 1.82) is 0 Å². The highest BCUT2D eigenvalue weighted by molar-refractivity contribution is 6.10. The number of hydrogen-bond acceptors (Lipinski definition) is 5. The van der Waals surface area contributed by atoms with Gasteiger partial charge in [0.15, 0.2) is 0 Å². The van der Waals surface area contributed by atoms with Gasteiger partial charge in [-0.1, -0.05) is 67.6 Å². The highest BCUT2D eigenvalue weighted by Gasteiger charge is 2.24. The number of aryl methyl sites for hydroxylation is 1. The number of ether oxygens (including phenoxy) is 1. The van der Waals surface area contributed by atoms with Crippen molar-refractivity contribution in [2.45, 2.75) is 13.3 Å². The Kier molecular flexibility index (Phi) is 7.16. The molecule has 7 nitrogen and oxygen atoms in total. The van der Waals surface area contributed by atoms with Gasteiger partial charge in [0.2, 0.25) is 0 Å². The van der Waals surface area contributed by atoms with Crippen LogP contribution in [0.1, 0.15) is 34.1 Å². The number of esters is 1. The van der Waals surface area contributed by atoms with Gasteiger partial charge < -0.3 is 10.1 Å². The zero-order valence-corrected chi connectivity index (χ0v) is 19.5. The molecule has 0 bridgehead atoms. The number of amides is 1. The predicted molar refractivity (Wildman–Crippen MR) is 135 cm³/mol. The van der Waals surface area contributed by atoms with Crippen LogP contribution in [-0.4, -0.2) is 28.3 Å². The van der Waals surface area contributed by atoms with E-state index in [1.54, 1.807) is 24.3 Å². The average Bonchev–Trinajstić information content (AvgIpc) is 2.89. The summed E-state index contributed by atoms with van der Waals surface area (Å²) in [6.45, 7) is 2.26. The summed E-state index contributed by atoms with van der Waals surface area (Å²) in [5.74, 6) is -0.989. The number of nitrogens with zero attached hydrogens (tertiary/aromatic N) is 2. The lowest BCUT2D eigenvalue weighted by Gasteiger charge is -2.16. The minimum atomic E-state index is -0.564. The Morgan fingerprint density at radius 3 is 2.09 bits per heavy atom. The smallest absolute Gasteiger partial charge is 0.338 e. The van der Waals surface area contributed by atoms with Crippen molar-refractivity contribution in [3.63, 3.8) is 0 Å². The molecule has 0 radical (unpaired) electrons. The van der Waals surface area contributed by atoms with E-state index < -0.39 is 17.4 Å². The molecule has 1 aromatic heterocycles. The third-order valence-corrected chi connectivity index (χ3v) is 5.40. The number of benzene rings is 3. The Balaban J connectivity index is 1.76. The fourth-order valence-corrected chi connectivity index (χ4v) is 3.69. The molecule has 0 spiro atoms. The molecule has 1 heterocycles. The van der Waals surface area contributed by atoms with Crippen LogP contribution in [0.2, 0.25) is 0 Å². The van der Waals surface area contributed by atoms with E-state index in [9.17, 15) is 14.4 Å². The molecule has 0 atom stereocenters. The highest BCUT2D eigenvalue weighted by Crippen LogP contribution is 2.32. The maximum absolute atomic E-state index is 13.5. The molecule has 4 aromatic rings. The van der Waals surface area contributed by atoms with Crippen LogP contribution < -0.4 is 10.9 Å². The molecule has 176 valence electrons. The SMILES string of the molecule is CCCOC(=O)c1ccc(NC(=O)c2c(-c3ccccc3)c(-c3ccccc3)nn(C)c2=O)cc1. The van der Waals surface area contributed by atoms with Crippen LogP contribution in [0.5, 0.6) is 0 Å². The van der Waals surface area contributed by atoms with Gasteiger partial charge in [-0.15, -0.1) is 0 Å². The molecule has 0 aliphatic rings. The number of rotatable bonds is 7. The summed E-state index contributed by atoms with van der Waals surface area (Å²) in [6.07, 6.45) is 0.732. The van der Waals surface area contributed by atoms with E-state index in [1.807, 2.05) is 67.6 Å². The molecular weight excluding hydrogens is 442 g/mol. The predicted octanol–water partition coefficient (Wildman–Crippen LogP) is 4.93. The number of aromatic nitrogens is 2. The lowest BCUT2D eigenvalue weighted by Crippen LogP contribution is -2.31. The van der Waals surface area contributed by atoms with Gasteiger partial charge in [0.25, 0.3) is 11.5 Å². The molecule has 0 saturated heterocycles. The number of carbonyl (C=O) groups is 2. The number of hydrogen-bond donors (Lipinski definition) is 1. The maximum Gasteiger partial charge on any atom is 0.338 e. The van der Waals surface area contributed by atoms with Gasteiger partial charge in [0, 0.05) is 23.9 Å².